The summed E-state index contributed by atoms with van der Waals surface area (Å²) in [6.45, 7) is 26.1. The van der Waals surface area contributed by atoms with E-state index in [1.54, 1.807) is 6.66 Å². The molecule has 2 atom stereocenters. The van der Waals surface area contributed by atoms with Crippen LogP contribution in [0.1, 0.15) is 52.9 Å². The molecule has 0 saturated carbocycles. The Kier molecular flexibility index (Phi) is 13.3. The first-order valence-corrected chi connectivity index (χ1v) is 26.1. The Labute approximate surface area is 208 Å². The lowest BCUT2D eigenvalue weighted by Crippen LogP contribution is -2.34. The van der Waals surface area contributed by atoms with Gasteiger partial charge in [0.2, 0.25) is 7.37 Å². The molecule has 0 rings (SSSR count). The first-order valence-electron chi connectivity index (χ1n) is 12.1. The van der Waals surface area contributed by atoms with Crippen LogP contribution in [-0.4, -0.2) is 37.0 Å². The average Bonchev–Trinajstić information content (AvgIpc) is 2.47. The molecular formula is C23H52O5P2Si3. The Morgan fingerprint density at radius 2 is 1.21 bits per heavy atom. The molecule has 0 aromatic rings. The van der Waals surface area contributed by atoms with Gasteiger partial charge in [0.1, 0.15) is 5.40 Å². The van der Waals surface area contributed by atoms with Crippen LogP contribution in [0.15, 0.2) is 23.3 Å². The summed E-state index contributed by atoms with van der Waals surface area (Å²) in [6.07, 6.45) is 8.71. The topological polar surface area (TPSA) is 61.8 Å². The average molecular weight is 555 g/mol. The fourth-order valence-corrected chi connectivity index (χ4v) is 20.4. The van der Waals surface area contributed by atoms with Crippen molar-refractivity contribution >= 4 is 39.9 Å². The molecule has 0 spiro atoms. The van der Waals surface area contributed by atoms with E-state index in [0.29, 0.717) is 6.42 Å². The summed E-state index contributed by atoms with van der Waals surface area (Å²) in [4.78, 5) is 0. The fraction of sp³-hybridized carbons (Fsp3) is 0.826. The van der Waals surface area contributed by atoms with E-state index >= 15 is 0 Å². The smallest absolute Gasteiger partial charge is 0.324 e. The third kappa shape index (κ3) is 16.0. The zero-order valence-electron chi connectivity index (χ0n) is 23.7. The van der Waals surface area contributed by atoms with Crippen molar-refractivity contribution in [2.45, 2.75) is 117 Å². The maximum Gasteiger partial charge on any atom is 0.324 e. The summed E-state index contributed by atoms with van der Waals surface area (Å²) in [7, 11) is -13.5. The van der Waals surface area contributed by atoms with Gasteiger partial charge in [-0.05, 0) is 112 Å². The highest BCUT2D eigenvalue weighted by molar-refractivity contribution is 7.76. The summed E-state index contributed by atoms with van der Waals surface area (Å²) in [5.74, 6) is 0. The van der Waals surface area contributed by atoms with Gasteiger partial charge in [0, 0.05) is 6.66 Å². The molecule has 0 bridgehead atoms. The Balaban J connectivity index is 5.87. The van der Waals surface area contributed by atoms with Gasteiger partial charge < -0.3 is 12.6 Å². The maximum absolute atomic E-state index is 14.4. The molecule has 0 fully saturated rings. The zero-order chi connectivity index (χ0) is 26.3. The minimum absolute atomic E-state index is 0.502. The van der Waals surface area contributed by atoms with E-state index in [0.717, 1.165) is 25.7 Å². The molecule has 33 heavy (non-hydrogen) atoms. The number of hydrogen-bond donors (Lipinski definition) is 0. The molecule has 0 N–H and O–H groups in total. The van der Waals surface area contributed by atoms with Crippen LogP contribution in [0.2, 0.25) is 58.9 Å². The molecule has 0 aliphatic heterocycles. The van der Waals surface area contributed by atoms with Crippen LogP contribution in [-0.2, 0) is 21.8 Å². The molecule has 0 aliphatic carbocycles. The second-order valence-corrected chi connectivity index (χ2v) is 31.8. The molecule has 0 radical (unpaired) electrons. The molecule has 0 aromatic heterocycles. The van der Waals surface area contributed by atoms with Gasteiger partial charge in [-0.25, -0.2) is 0 Å². The highest BCUT2D eigenvalue weighted by atomic mass is 31.2. The Hall–Kier alpha value is 0.471. The minimum atomic E-state index is -3.64. The van der Waals surface area contributed by atoms with E-state index in [2.05, 4.69) is 32.9 Å². The zero-order valence-corrected chi connectivity index (χ0v) is 28.5. The number of rotatable bonds is 15. The Morgan fingerprint density at radius 1 is 0.758 bits per heavy atom. The maximum atomic E-state index is 14.4. The van der Waals surface area contributed by atoms with Gasteiger partial charge in [-0.1, -0.05) is 23.3 Å². The Bertz CT molecular complexity index is 750. The van der Waals surface area contributed by atoms with Crippen molar-refractivity contribution in [3.8, 4) is 0 Å². The number of allylic oxidation sites excluding steroid dienone is 4. The molecule has 10 heteroatoms. The molecule has 5 nitrogen and oxygen atoms in total. The van der Waals surface area contributed by atoms with Gasteiger partial charge in [-0.2, -0.15) is 0 Å². The van der Waals surface area contributed by atoms with E-state index in [9.17, 15) is 9.13 Å². The normalized spacial score (nSPS) is 16.9. The largest absolute Gasteiger partial charge is 0.370 e. The fourth-order valence-electron chi connectivity index (χ4n) is 3.50. The summed E-state index contributed by atoms with van der Waals surface area (Å²) in [5.41, 5.74) is 2.69. The van der Waals surface area contributed by atoms with Crippen molar-refractivity contribution in [2.24, 2.45) is 0 Å². The first kappa shape index (κ1) is 33.5. The van der Waals surface area contributed by atoms with Crippen molar-refractivity contribution in [3.05, 3.63) is 23.3 Å². The van der Waals surface area contributed by atoms with E-state index in [1.807, 2.05) is 58.9 Å². The summed E-state index contributed by atoms with van der Waals surface area (Å²) in [6, 6.07) is 0. The molecule has 2 unspecified atom stereocenters. The standard InChI is InChI=1S/C23H52O5P2Si3/c1-21(2)17-16-19-22(3)18-14-15-20-23(29(4,24)26-31(5,6)7)30(25,27-32(8,9)10)28-33(11,12)13/h17-18,23H,14-16,19-20H2,1-13H3/b22-18+. The summed E-state index contributed by atoms with van der Waals surface area (Å²) < 4.78 is 47.1. The predicted octanol–water partition coefficient (Wildman–Crippen LogP) is 9.83. The third-order valence-electron chi connectivity index (χ3n) is 4.41. The molecule has 0 aliphatic rings. The van der Waals surface area contributed by atoms with Crippen LogP contribution in [0, 0.1) is 0 Å². The lowest BCUT2D eigenvalue weighted by Gasteiger charge is -2.39. The van der Waals surface area contributed by atoms with Gasteiger partial charge in [-0.15, -0.1) is 0 Å². The van der Waals surface area contributed by atoms with Crippen LogP contribution in [0.25, 0.3) is 0 Å². The van der Waals surface area contributed by atoms with Crippen LogP contribution in [0.5, 0.6) is 0 Å². The summed E-state index contributed by atoms with van der Waals surface area (Å²) >= 11 is 0. The van der Waals surface area contributed by atoms with Crippen molar-refractivity contribution in [1.82, 2.24) is 0 Å². The number of unbranched alkanes of at least 4 members (excludes halogenated alkanes) is 1. The lowest BCUT2D eigenvalue weighted by molar-refractivity contribution is 0.370. The minimum Gasteiger partial charge on any atom is -0.370 e. The molecule has 0 heterocycles. The van der Waals surface area contributed by atoms with Gasteiger partial charge in [0.25, 0.3) is 0 Å². The third-order valence-corrected chi connectivity index (χ3v) is 18.9. The molecule has 0 aromatic carbocycles. The SMILES string of the molecule is CC(C)=CCC/C(C)=C/CCCC(P(C)(=O)O[Si](C)(C)C)P(=O)(O[Si](C)(C)C)O[Si](C)(C)C. The van der Waals surface area contributed by atoms with Gasteiger partial charge in [-0.3, -0.25) is 9.13 Å². The van der Waals surface area contributed by atoms with E-state index in [1.165, 1.54) is 11.1 Å². The van der Waals surface area contributed by atoms with Crippen molar-refractivity contribution in [2.75, 3.05) is 6.66 Å². The highest BCUT2D eigenvalue weighted by Crippen LogP contribution is 2.72. The van der Waals surface area contributed by atoms with Crippen molar-refractivity contribution in [3.63, 3.8) is 0 Å². The molecule has 0 amide bonds. The Morgan fingerprint density at radius 3 is 1.61 bits per heavy atom. The van der Waals surface area contributed by atoms with Gasteiger partial charge >= 0.3 is 7.60 Å². The first-order chi connectivity index (χ1) is 14.6. The van der Waals surface area contributed by atoms with E-state index in [4.69, 9.17) is 12.6 Å². The van der Waals surface area contributed by atoms with Crippen LogP contribution in [0.4, 0.5) is 0 Å². The lowest BCUT2D eigenvalue weighted by atomic mass is 10.1. The van der Waals surface area contributed by atoms with E-state index in [-0.39, 0.29) is 0 Å². The predicted molar refractivity (Wildman–Crippen MR) is 154 cm³/mol. The molecule has 196 valence electrons. The second kappa shape index (κ2) is 13.1. The van der Waals surface area contributed by atoms with Crippen LogP contribution >= 0.6 is 15.0 Å². The van der Waals surface area contributed by atoms with Gasteiger partial charge in [0.15, 0.2) is 25.0 Å². The number of hydrogen-bond acceptors (Lipinski definition) is 5. The second-order valence-electron chi connectivity index (χ2n) is 12.3. The molecular weight excluding hydrogens is 502 g/mol. The van der Waals surface area contributed by atoms with Crippen molar-refractivity contribution in [1.29, 1.82) is 0 Å². The summed E-state index contributed by atoms with van der Waals surface area (Å²) in [5, 5.41) is -0.727. The van der Waals surface area contributed by atoms with Crippen molar-refractivity contribution < 1.29 is 21.8 Å². The quantitative estimate of drug-likeness (QED) is 0.0872. The van der Waals surface area contributed by atoms with E-state index < -0.39 is 45.3 Å². The highest BCUT2D eigenvalue weighted by Gasteiger charge is 2.51. The van der Waals surface area contributed by atoms with Crippen LogP contribution in [0.3, 0.4) is 0 Å². The monoisotopic (exact) mass is 554 g/mol. The van der Waals surface area contributed by atoms with Gasteiger partial charge in [0.05, 0.1) is 0 Å². The van der Waals surface area contributed by atoms with Crippen LogP contribution < -0.4 is 0 Å². The molecule has 0 saturated heterocycles.